The van der Waals surface area contributed by atoms with Crippen LogP contribution in [0.4, 0.5) is 10.2 Å². The molecule has 0 aliphatic carbocycles. The quantitative estimate of drug-likeness (QED) is 0.385. The zero-order chi connectivity index (χ0) is 17.0. The zero-order valence-corrected chi connectivity index (χ0v) is 14.8. The summed E-state index contributed by atoms with van der Waals surface area (Å²) < 4.78 is 14.9. The number of imide groups is 1. The van der Waals surface area contributed by atoms with Crippen molar-refractivity contribution in [1.29, 1.82) is 0 Å². The van der Waals surface area contributed by atoms with Crippen molar-refractivity contribution in [2.24, 2.45) is 0 Å². The summed E-state index contributed by atoms with van der Waals surface area (Å²) in [6.07, 6.45) is 0. The second kappa shape index (κ2) is 5.43. The fourth-order valence-electron chi connectivity index (χ4n) is 2.27. The highest BCUT2D eigenvalue weighted by atomic mass is 79.9. The molecule has 3 N–H and O–H groups in total. The number of nitrogens with zero attached hydrogens (tertiary/aromatic N) is 1. The molecule has 0 unspecified atom stereocenters. The molecule has 0 radical (unpaired) electrons. The highest BCUT2D eigenvalue weighted by molar-refractivity contribution is 9.11. The summed E-state index contributed by atoms with van der Waals surface area (Å²) >= 11 is 12.1. The van der Waals surface area contributed by atoms with E-state index in [0.717, 1.165) is 10.6 Å². The maximum Gasteiger partial charge on any atom is 0.262 e. The second-order valence-corrected chi connectivity index (χ2v) is 6.65. The molecule has 118 valence electrons. The van der Waals surface area contributed by atoms with E-state index in [9.17, 15) is 18.8 Å². The van der Waals surface area contributed by atoms with Crippen LogP contribution in [0.25, 0.3) is 5.69 Å². The summed E-state index contributed by atoms with van der Waals surface area (Å²) in [5.74, 6) is -2.45. The molecule has 0 atom stereocenters. The minimum absolute atomic E-state index is 0.0173. The van der Waals surface area contributed by atoms with Crippen molar-refractivity contribution in [3.8, 4) is 5.69 Å². The van der Waals surface area contributed by atoms with Gasteiger partial charge in [-0.05, 0) is 37.9 Å². The number of nitrogen functional groups attached to an aromatic ring is 1. The van der Waals surface area contributed by atoms with Gasteiger partial charge in [0, 0.05) is 6.07 Å². The number of pyridine rings is 1. The Hall–Kier alpha value is -1.71. The summed E-state index contributed by atoms with van der Waals surface area (Å²) in [6, 6.07) is 2.20. The molecule has 1 aliphatic heterocycles. The monoisotopic (exact) mass is 463 g/mol. The first kappa shape index (κ1) is 16.2. The average Bonchev–Trinajstić information content (AvgIpc) is 2.74. The van der Waals surface area contributed by atoms with E-state index in [2.05, 4.69) is 31.9 Å². The van der Waals surface area contributed by atoms with Crippen LogP contribution in [-0.2, 0) is 0 Å². The Kier molecular flexibility index (Phi) is 3.81. The number of amides is 2. The van der Waals surface area contributed by atoms with Crippen molar-refractivity contribution < 1.29 is 14.0 Å². The van der Waals surface area contributed by atoms with Gasteiger partial charge in [0.2, 0.25) is 0 Å². The van der Waals surface area contributed by atoms with Gasteiger partial charge >= 0.3 is 0 Å². The van der Waals surface area contributed by atoms with E-state index in [1.807, 2.05) is 5.32 Å². The van der Waals surface area contributed by atoms with E-state index < -0.39 is 23.2 Å². The molecule has 10 heteroatoms. The number of nitrogens with one attached hydrogen (secondary N) is 1. The molecule has 3 rings (SSSR count). The Morgan fingerprint density at radius 3 is 2.48 bits per heavy atom. The molecular weight excluding hydrogens is 460 g/mol. The lowest BCUT2D eigenvalue weighted by atomic mass is 10.1. The molecule has 0 saturated carbocycles. The Bertz CT molecular complexity index is 974. The van der Waals surface area contributed by atoms with E-state index >= 15 is 0 Å². The number of carbonyl (C=O) groups excluding carboxylic acids is 2. The molecule has 2 heterocycles. The van der Waals surface area contributed by atoms with Crippen LogP contribution in [0.5, 0.6) is 0 Å². The van der Waals surface area contributed by atoms with Crippen LogP contribution in [0.3, 0.4) is 0 Å². The molecule has 1 aromatic carbocycles. The number of anilines is 1. The molecule has 2 amide bonds. The fourth-order valence-corrected chi connectivity index (χ4v) is 4.10. The molecule has 2 aromatic rings. The first-order valence-corrected chi connectivity index (χ1v) is 7.95. The third-order valence-electron chi connectivity index (χ3n) is 3.27. The third kappa shape index (κ3) is 2.30. The van der Waals surface area contributed by atoms with Gasteiger partial charge in [0.05, 0.1) is 30.8 Å². The molecule has 1 aliphatic rings. The van der Waals surface area contributed by atoms with E-state index in [1.165, 1.54) is 6.07 Å². The fraction of sp³-hybridized carbons (Fsp3) is 0. The van der Waals surface area contributed by atoms with Crippen LogP contribution in [0, 0.1) is 5.82 Å². The normalized spacial score (nSPS) is 13.2. The third-order valence-corrected chi connectivity index (χ3v) is 4.86. The standard InChI is InChI=1S/C13H5Br2ClFN3O3/c14-4-2-5(16)10(8(15)9(4)17)20-6(21)1-3-7(11(20)18)13(23)19-12(3)22/h1-2H,18H2,(H,19,22,23). The second-order valence-electron chi connectivity index (χ2n) is 4.59. The maximum atomic E-state index is 14.1. The summed E-state index contributed by atoms with van der Waals surface area (Å²) in [7, 11) is 0. The van der Waals surface area contributed by atoms with Crippen LogP contribution >= 0.6 is 43.5 Å². The Balaban J connectivity index is 2.43. The summed E-state index contributed by atoms with van der Waals surface area (Å²) in [4.78, 5) is 35.8. The molecule has 0 fully saturated rings. The first-order chi connectivity index (χ1) is 10.7. The number of benzene rings is 1. The molecule has 23 heavy (non-hydrogen) atoms. The van der Waals surface area contributed by atoms with Crippen LogP contribution in [0.15, 0.2) is 25.9 Å². The predicted octanol–water partition coefficient (Wildman–Crippen LogP) is 2.62. The lowest BCUT2D eigenvalue weighted by Crippen LogP contribution is -2.25. The Labute approximate surface area is 149 Å². The van der Waals surface area contributed by atoms with Gasteiger partial charge in [-0.15, -0.1) is 0 Å². The number of aromatic nitrogens is 1. The Morgan fingerprint density at radius 2 is 1.83 bits per heavy atom. The van der Waals surface area contributed by atoms with Crippen molar-refractivity contribution in [3.05, 3.63) is 53.4 Å². The molecular formula is C13H5Br2ClFN3O3. The highest BCUT2D eigenvalue weighted by Crippen LogP contribution is 2.37. The van der Waals surface area contributed by atoms with Crippen molar-refractivity contribution in [2.45, 2.75) is 0 Å². The zero-order valence-electron chi connectivity index (χ0n) is 10.9. The van der Waals surface area contributed by atoms with Crippen LogP contribution in [0.1, 0.15) is 20.7 Å². The van der Waals surface area contributed by atoms with Crippen molar-refractivity contribution in [3.63, 3.8) is 0 Å². The number of rotatable bonds is 1. The van der Waals surface area contributed by atoms with Gasteiger partial charge in [-0.25, -0.2) is 4.39 Å². The molecule has 1 aromatic heterocycles. The predicted molar refractivity (Wildman–Crippen MR) is 88.6 cm³/mol. The average molecular weight is 465 g/mol. The molecule has 0 saturated heterocycles. The number of hydrogen-bond donors (Lipinski definition) is 2. The van der Waals surface area contributed by atoms with E-state index in [-0.39, 0.29) is 36.6 Å². The van der Waals surface area contributed by atoms with E-state index in [4.69, 9.17) is 17.3 Å². The maximum absolute atomic E-state index is 14.1. The van der Waals surface area contributed by atoms with Gasteiger partial charge in [-0.2, -0.15) is 0 Å². The topological polar surface area (TPSA) is 94.2 Å². The highest BCUT2D eigenvalue weighted by Gasteiger charge is 2.32. The minimum Gasteiger partial charge on any atom is -0.384 e. The summed E-state index contributed by atoms with van der Waals surface area (Å²) in [5.41, 5.74) is 4.81. The van der Waals surface area contributed by atoms with Crippen molar-refractivity contribution >= 4 is 61.1 Å². The number of fused-ring (bicyclic) bond motifs is 1. The lowest BCUT2D eigenvalue weighted by Gasteiger charge is -2.16. The number of carbonyl (C=O) groups is 2. The Morgan fingerprint density at radius 1 is 1.17 bits per heavy atom. The minimum atomic E-state index is -0.735. The van der Waals surface area contributed by atoms with Gasteiger partial charge < -0.3 is 5.73 Å². The molecule has 0 spiro atoms. The smallest absolute Gasteiger partial charge is 0.262 e. The van der Waals surface area contributed by atoms with E-state index in [0.29, 0.717) is 0 Å². The van der Waals surface area contributed by atoms with Gasteiger partial charge in [0.1, 0.15) is 5.82 Å². The summed E-state index contributed by atoms with van der Waals surface area (Å²) in [5, 5.41) is 2.06. The number of hydrogen-bond acceptors (Lipinski definition) is 4. The van der Waals surface area contributed by atoms with Crippen LogP contribution < -0.4 is 16.6 Å². The number of halogens is 4. The van der Waals surface area contributed by atoms with E-state index in [1.54, 1.807) is 0 Å². The largest absolute Gasteiger partial charge is 0.384 e. The van der Waals surface area contributed by atoms with Gasteiger partial charge in [-0.3, -0.25) is 24.3 Å². The SMILES string of the molecule is Nc1c2c(cc(=O)n1-c1c(Cl)cc(Br)c(F)c1Br)C(=O)NC2=O. The van der Waals surface area contributed by atoms with Gasteiger partial charge in [0.25, 0.3) is 17.4 Å². The number of nitrogens with two attached hydrogens (primary N) is 1. The van der Waals surface area contributed by atoms with Crippen molar-refractivity contribution in [1.82, 2.24) is 9.88 Å². The van der Waals surface area contributed by atoms with Gasteiger partial charge in [0.15, 0.2) is 5.82 Å². The first-order valence-electron chi connectivity index (χ1n) is 5.98. The van der Waals surface area contributed by atoms with Crippen LogP contribution in [-0.4, -0.2) is 16.4 Å². The molecule has 6 nitrogen and oxygen atoms in total. The summed E-state index contributed by atoms with van der Waals surface area (Å²) in [6.45, 7) is 0. The van der Waals surface area contributed by atoms with Crippen LogP contribution in [0.2, 0.25) is 5.02 Å². The van der Waals surface area contributed by atoms with Gasteiger partial charge in [-0.1, -0.05) is 11.6 Å². The van der Waals surface area contributed by atoms with Crippen molar-refractivity contribution in [2.75, 3.05) is 5.73 Å². The lowest BCUT2D eigenvalue weighted by molar-refractivity contribution is 0.0880. The molecule has 0 bridgehead atoms.